The lowest BCUT2D eigenvalue weighted by Gasteiger charge is -2.14. The van der Waals surface area contributed by atoms with Crippen LogP contribution in [0, 0.1) is 11.3 Å². The standard InChI is InChI=1S/C12H24N2O/c1-3-4-5-6-7-9-15-10-8-12(2,14)11-13/h3-10,14H2,1-2H3. The van der Waals surface area contributed by atoms with Gasteiger partial charge in [-0.15, -0.1) is 0 Å². The number of nitrogens with zero attached hydrogens (tertiary/aromatic N) is 1. The average Bonchev–Trinajstić information content (AvgIpc) is 2.22. The summed E-state index contributed by atoms with van der Waals surface area (Å²) in [5.41, 5.74) is 4.92. The van der Waals surface area contributed by atoms with Gasteiger partial charge < -0.3 is 10.5 Å². The molecule has 0 aliphatic carbocycles. The molecule has 0 aromatic heterocycles. The lowest BCUT2D eigenvalue weighted by molar-refractivity contribution is 0.119. The SMILES string of the molecule is CCCCCCCOCCC(C)(N)C#N. The Morgan fingerprint density at radius 1 is 1.20 bits per heavy atom. The predicted molar refractivity (Wildman–Crippen MR) is 62.4 cm³/mol. The third-order valence-electron chi connectivity index (χ3n) is 2.41. The second-order valence-electron chi connectivity index (χ2n) is 4.31. The van der Waals surface area contributed by atoms with Crippen LogP contribution in [0.3, 0.4) is 0 Å². The largest absolute Gasteiger partial charge is 0.381 e. The van der Waals surface area contributed by atoms with Gasteiger partial charge in [-0.25, -0.2) is 0 Å². The minimum Gasteiger partial charge on any atom is -0.381 e. The summed E-state index contributed by atoms with van der Waals surface area (Å²) in [5, 5.41) is 8.66. The average molecular weight is 212 g/mol. The Bertz CT molecular complexity index is 185. The molecular formula is C12H24N2O. The second kappa shape index (κ2) is 8.70. The fourth-order valence-electron chi connectivity index (χ4n) is 1.25. The van der Waals surface area contributed by atoms with Gasteiger partial charge in [0, 0.05) is 19.6 Å². The summed E-state index contributed by atoms with van der Waals surface area (Å²) < 4.78 is 5.42. The van der Waals surface area contributed by atoms with Gasteiger partial charge in [-0.1, -0.05) is 32.6 Å². The Morgan fingerprint density at radius 2 is 1.87 bits per heavy atom. The van der Waals surface area contributed by atoms with E-state index < -0.39 is 5.54 Å². The van der Waals surface area contributed by atoms with Crippen LogP contribution in [0.4, 0.5) is 0 Å². The molecule has 0 bridgehead atoms. The van der Waals surface area contributed by atoms with Crippen LogP contribution in [-0.4, -0.2) is 18.8 Å². The molecule has 0 aromatic carbocycles. The van der Waals surface area contributed by atoms with Crippen LogP contribution in [0.1, 0.15) is 52.4 Å². The molecule has 0 rings (SSSR count). The molecule has 88 valence electrons. The molecule has 0 aliphatic heterocycles. The van der Waals surface area contributed by atoms with Crippen molar-refractivity contribution in [2.24, 2.45) is 5.73 Å². The number of ether oxygens (including phenoxy) is 1. The first-order chi connectivity index (χ1) is 7.12. The monoisotopic (exact) mass is 212 g/mol. The molecule has 0 saturated carbocycles. The fraction of sp³-hybridized carbons (Fsp3) is 0.917. The van der Waals surface area contributed by atoms with E-state index in [4.69, 9.17) is 15.7 Å². The highest BCUT2D eigenvalue weighted by molar-refractivity contribution is 5.00. The van der Waals surface area contributed by atoms with E-state index in [9.17, 15) is 0 Å². The van der Waals surface area contributed by atoms with Gasteiger partial charge in [-0.05, 0) is 13.3 Å². The Hall–Kier alpha value is -0.590. The van der Waals surface area contributed by atoms with Crippen molar-refractivity contribution in [2.75, 3.05) is 13.2 Å². The predicted octanol–water partition coefficient (Wildman–Crippen LogP) is 2.60. The maximum Gasteiger partial charge on any atom is 0.103 e. The third kappa shape index (κ3) is 9.71. The zero-order chi connectivity index (χ0) is 11.6. The molecule has 3 nitrogen and oxygen atoms in total. The number of unbranched alkanes of at least 4 members (excludes halogenated alkanes) is 4. The maximum atomic E-state index is 8.66. The van der Waals surface area contributed by atoms with Gasteiger partial charge in [0.1, 0.15) is 5.54 Å². The van der Waals surface area contributed by atoms with Crippen LogP contribution in [0.2, 0.25) is 0 Å². The highest BCUT2D eigenvalue weighted by Gasteiger charge is 2.15. The van der Waals surface area contributed by atoms with Gasteiger partial charge in [0.2, 0.25) is 0 Å². The molecule has 3 heteroatoms. The van der Waals surface area contributed by atoms with Gasteiger partial charge in [-0.3, -0.25) is 0 Å². The Balaban J connectivity index is 3.16. The van der Waals surface area contributed by atoms with E-state index in [0.717, 1.165) is 13.0 Å². The molecule has 0 aliphatic rings. The van der Waals surface area contributed by atoms with Crippen LogP contribution >= 0.6 is 0 Å². The van der Waals surface area contributed by atoms with Crippen molar-refractivity contribution in [3.05, 3.63) is 0 Å². The molecule has 0 fully saturated rings. The molecule has 1 unspecified atom stereocenters. The molecule has 0 aromatic rings. The number of nitrogens with two attached hydrogens (primary N) is 1. The topological polar surface area (TPSA) is 59.0 Å². The minimum absolute atomic E-state index is 0.592. The summed E-state index contributed by atoms with van der Waals surface area (Å²) in [6.45, 7) is 5.33. The molecule has 0 saturated heterocycles. The number of hydrogen-bond donors (Lipinski definition) is 1. The first kappa shape index (κ1) is 14.4. The van der Waals surface area contributed by atoms with Gasteiger partial charge in [0.05, 0.1) is 6.07 Å². The first-order valence-electron chi connectivity index (χ1n) is 5.90. The Labute approximate surface area is 93.6 Å². The number of hydrogen-bond acceptors (Lipinski definition) is 3. The maximum absolute atomic E-state index is 8.66. The van der Waals surface area contributed by atoms with Gasteiger partial charge >= 0.3 is 0 Å². The van der Waals surface area contributed by atoms with Crippen LogP contribution < -0.4 is 5.73 Å². The zero-order valence-electron chi connectivity index (χ0n) is 10.1. The summed E-state index contributed by atoms with van der Waals surface area (Å²) >= 11 is 0. The van der Waals surface area contributed by atoms with Crippen LogP contribution in [0.25, 0.3) is 0 Å². The van der Waals surface area contributed by atoms with Crippen molar-refractivity contribution < 1.29 is 4.74 Å². The third-order valence-corrected chi connectivity index (χ3v) is 2.41. The lowest BCUT2D eigenvalue weighted by Crippen LogP contribution is -2.35. The van der Waals surface area contributed by atoms with Gasteiger partial charge in [-0.2, -0.15) is 5.26 Å². The summed E-state index contributed by atoms with van der Waals surface area (Å²) in [6, 6.07) is 2.06. The molecule has 0 heterocycles. The van der Waals surface area contributed by atoms with Crippen molar-refractivity contribution in [1.29, 1.82) is 5.26 Å². The van der Waals surface area contributed by atoms with E-state index in [2.05, 4.69) is 13.0 Å². The Morgan fingerprint density at radius 3 is 2.47 bits per heavy atom. The smallest absolute Gasteiger partial charge is 0.103 e. The van der Waals surface area contributed by atoms with Crippen LogP contribution in [0.15, 0.2) is 0 Å². The van der Waals surface area contributed by atoms with Crippen molar-refractivity contribution >= 4 is 0 Å². The molecule has 0 spiro atoms. The molecule has 15 heavy (non-hydrogen) atoms. The van der Waals surface area contributed by atoms with E-state index in [0.29, 0.717) is 13.0 Å². The van der Waals surface area contributed by atoms with Crippen molar-refractivity contribution in [1.82, 2.24) is 0 Å². The van der Waals surface area contributed by atoms with Gasteiger partial charge in [0.25, 0.3) is 0 Å². The van der Waals surface area contributed by atoms with Crippen molar-refractivity contribution in [2.45, 2.75) is 57.9 Å². The number of nitriles is 1. The van der Waals surface area contributed by atoms with E-state index >= 15 is 0 Å². The van der Waals surface area contributed by atoms with Crippen molar-refractivity contribution in [3.8, 4) is 6.07 Å². The minimum atomic E-state index is -0.734. The van der Waals surface area contributed by atoms with Crippen LogP contribution in [0.5, 0.6) is 0 Å². The first-order valence-corrected chi connectivity index (χ1v) is 5.90. The lowest BCUT2D eigenvalue weighted by atomic mass is 10.0. The molecular weight excluding hydrogens is 188 g/mol. The second-order valence-corrected chi connectivity index (χ2v) is 4.31. The molecule has 1 atom stereocenters. The van der Waals surface area contributed by atoms with Crippen LogP contribution in [-0.2, 0) is 4.74 Å². The number of rotatable bonds is 9. The molecule has 2 N–H and O–H groups in total. The summed E-state index contributed by atoms with van der Waals surface area (Å²) in [4.78, 5) is 0. The van der Waals surface area contributed by atoms with Crippen molar-refractivity contribution in [3.63, 3.8) is 0 Å². The van der Waals surface area contributed by atoms with E-state index in [-0.39, 0.29) is 0 Å². The summed E-state index contributed by atoms with van der Waals surface area (Å²) in [6.07, 6.45) is 6.86. The Kier molecular flexibility index (Phi) is 8.35. The highest BCUT2D eigenvalue weighted by atomic mass is 16.5. The molecule has 0 radical (unpaired) electrons. The zero-order valence-corrected chi connectivity index (χ0v) is 10.1. The summed E-state index contributed by atoms with van der Waals surface area (Å²) in [7, 11) is 0. The van der Waals surface area contributed by atoms with E-state index in [1.54, 1.807) is 6.92 Å². The van der Waals surface area contributed by atoms with E-state index in [1.807, 2.05) is 0 Å². The normalized spacial score (nSPS) is 14.5. The quantitative estimate of drug-likeness (QED) is 0.598. The van der Waals surface area contributed by atoms with E-state index in [1.165, 1.54) is 25.7 Å². The summed E-state index contributed by atoms with van der Waals surface area (Å²) in [5.74, 6) is 0. The highest BCUT2D eigenvalue weighted by Crippen LogP contribution is 2.05. The van der Waals surface area contributed by atoms with Gasteiger partial charge in [0.15, 0.2) is 0 Å². The molecule has 0 amide bonds. The fourth-order valence-corrected chi connectivity index (χ4v) is 1.25.